The standard InChI is InChI=1S/C9H19NO3/c1-12-7-8-13-9(11)5-3-2-4-6-10/h2-8,10H2,1H3. The summed E-state index contributed by atoms with van der Waals surface area (Å²) < 4.78 is 9.61. The molecule has 0 aromatic carbocycles. The summed E-state index contributed by atoms with van der Waals surface area (Å²) >= 11 is 0. The Morgan fingerprint density at radius 2 is 2.00 bits per heavy atom. The molecule has 13 heavy (non-hydrogen) atoms. The van der Waals surface area contributed by atoms with Crippen LogP contribution in [0.15, 0.2) is 0 Å². The topological polar surface area (TPSA) is 61.5 Å². The van der Waals surface area contributed by atoms with Gasteiger partial charge in [-0.3, -0.25) is 4.79 Å². The Balaban J connectivity index is 3.11. The summed E-state index contributed by atoms with van der Waals surface area (Å²) in [6.45, 7) is 1.51. The molecule has 0 saturated carbocycles. The highest BCUT2D eigenvalue weighted by atomic mass is 16.6. The van der Waals surface area contributed by atoms with Crippen LogP contribution >= 0.6 is 0 Å². The van der Waals surface area contributed by atoms with Crippen molar-refractivity contribution in [2.45, 2.75) is 25.7 Å². The number of hydrogen-bond acceptors (Lipinski definition) is 4. The molecular formula is C9H19NO3. The number of esters is 1. The molecule has 0 unspecified atom stereocenters. The Bertz CT molecular complexity index is 128. The second-order valence-corrected chi connectivity index (χ2v) is 2.81. The number of ether oxygens (including phenoxy) is 2. The van der Waals surface area contributed by atoms with Crippen LogP contribution in [0.25, 0.3) is 0 Å². The lowest BCUT2D eigenvalue weighted by Crippen LogP contribution is -2.09. The summed E-state index contributed by atoms with van der Waals surface area (Å²) in [7, 11) is 1.58. The molecule has 78 valence electrons. The van der Waals surface area contributed by atoms with Gasteiger partial charge in [-0.1, -0.05) is 6.42 Å². The van der Waals surface area contributed by atoms with Crippen LogP contribution in [0.5, 0.6) is 0 Å². The first-order valence-corrected chi connectivity index (χ1v) is 4.66. The van der Waals surface area contributed by atoms with E-state index in [1.165, 1.54) is 0 Å². The van der Waals surface area contributed by atoms with Crippen LogP contribution in [0.1, 0.15) is 25.7 Å². The van der Waals surface area contributed by atoms with Gasteiger partial charge in [-0.25, -0.2) is 0 Å². The second-order valence-electron chi connectivity index (χ2n) is 2.81. The van der Waals surface area contributed by atoms with Crippen LogP contribution in [0.3, 0.4) is 0 Å². The number of carbonyl (C=O) groups excluding carboxylic acids is 1. The minimum Gasteiger partial charge on any atom is -0.463 e. The number of unbranched alkanes of at least 4 members (excludes halogenated alkanes) is 2. The Morgan fingerprint density at radius 3 is 2.62 bits per heavy atom. The maximum atomic E-state index is 11.0. The van der Waals surface area contributed by atoms with E-state index in [1.54, 1.807) is 7.11 Å². The number of hydrogen-bond donors (Lipinski definition) is 1. The van der Waals surface area contributed by atoms with Gasteiger partial charge in [-0.05, 0) is 19.4 Å². The molecule has 0 rings (SSSR count). The van der Waals surface area contributed by atoms with Gasteiger partial charge in [0.1, 0.15) is 6.61 Å². The normalized spacial score (nSPS) is 10.0. The zero-order valence-electron chi connectivity index (χ0n) is 8.25. The molecule has 4 nitrogen and oxygen atoms in total. The average molecular weight is 189 g/mol. The fraction of sp³-hybridized carbons (Fsp3) is 0.889. The van der Waals surface area contributed by atoms with Gasteiger partial charge in [0, 0.05) is 13.5 Å². The highest BCUT2D eigenvalue weighted by Crippen LogP contribution is 1.99. The third-order valence-corrected chi connectivity index (χ3v) is 1.64. The van der Waals surface area contributed by atoms with Crippen LogP contribution < -0.4 is 5.73 Å². The Labute approximate surface area is 79.4 Å². The maximum Gasteiger partial charge on any atom is 0.305 e. The van der Waals surface area contributed by atoms with E-state index in [0.717, 1.165) is 19.3 Å². The van der Waals surface area contributed by atoms with Gasteiger partial charge >= 0.3 is 5.97 Å². The molecule has 2 N–H and O–H groups in total. The van der Waals surface area contributed by atoms with Crippen LogP contribution in [-0.4, -0.2) is 32.8 Å². The zero-order valence-corrected chi connectivity index (χ0v) is 8.25. The highest BCUT2D eigenvalue weighted by molar-refractivity contribution is 5.69. The monoisotopic (exact) mass is 189 g/mol. The Kier molecular flexibility index (Phi) is 9.03. The molecule has 0 heterocycles. The molecule has 0 aromatic rings. The smallest absolute Gasteiger partial charge is 0.305 e. The lowest BCUT2D eigenvalue weighted by Gasteiger charge is -2.03. The maximum absolute atomic E-state index is 11.0. The quantitative estimate of drug-likeness (QED) is 0.451. The van der Waals surface area contributed by atoms with Crippen LogP contribution in [0, 0.1) is 0 Å². The van der Waals surface area contributed by atoms with E-state index in [4.69, 9.17) is 15.2 Å². The molecule has 0 radical (unpaired) electrons. The third kappa shape index (κ3) is 9.30. The Hall–Kier alpha value is -0.610. The molecule has 0 saturated heterocycles. The molecule has 0 spiro atoms. The van der Waals surface area contributed by atoms with Crippen molar-refractivity contribution in [2.24, 2.45) is 5.73 Å². The first-order chi connectivity index (χ1) is 6.31. The molecule has 0 atom stereocenters. The lowest BCUT2D eigenvalue weighted by molar-refractivity contribution is -0.145. The van der Waals surface area contributed by atoms with Crippen LogP contribution in [0.4, 0.5) is 0 Å². The van der Waals surface area contributed by atoms with E-state index in [2.05, 4.69) is 0 Å². The minimum absolute atomic E-state index is 0.144. The summed E-state index contributed by atoms with van der Waals surface area (Å²) in [5.41, 5.74) is 5.31. The number of nitrogens with two attached hydrogens (primary N) is 1. The van der Waals surface area contributed by atoms with Crippen molar-refractivity contribution < 1.29 is 14.3 Å². The van der Waals surface area contributed by atoms with Gasteiger partial charge in [-0.2, -0.15) is 0 Å². The SMILES string of the molecule is COCCOC(=O)CCCCCN. The van der Waals surface area contributed by atoms with Gasteiger partial charge in [0.05, 0.1) is 6.61 Å². The summed E-state index contributed by atoms with van der Waals surface area (Å²) in [4.78, 5) is 11.0. The van der Waals surface area contributed by atoms with E-state index >= 15 is 0 Å². The van der Waals surface area contributed by atoms with E-state index in [1.807, 2.05) is 0 Å². The first kappa shape index (κ1) is 12.4. The number of carbonyl (C=O) groups is 1. The molecule has 0 aliphatic carbocycles. The van der Waals surface area contributed by atoms with Gasteiger partial charge in [0.2, 0.25) is 0 Å². The second kappa shape index (κ2) is 9.48. The molecule has 0 bridgehead atoms. The Morgan fingerprint density at radius 1 is 1.23 bits per heavy atom. The van der Waals surface area contributed by atoms with E-state index in [0.29, 0.717) is 26.2 Å². The van der Waals surface area contributed by atoms with Crippen molar-refractivity contribution in [1.82, 2.24) is 0 Å². The van der Waals surface area contributed by atoms with Crippen molar-refractivity contribution in [3.63, 3.8) is 0 Å². The molecule has 0 aliphatic rings. The van der Waals surface area contributed by atoms with E-state index < -0.39 is 0 Å². The number of rotatable bonds is 8. The van der Waals surface area contributed by atoms with Crippen molar-refractivity contribution in [3.05, 3.63) is 0 Å². The van der Waals surface area contributed by atoms with Crippen molar-refractivity contribution in [3.8, 4) is 0 Å². The largest absolute Gasteiger partial charge is 0.463 e. The average Bonchev–Trinajstić information content (AvgIpc) is 2.13. The van der Waals surface area contributed by atoms with Gasteiger partial charge in [0.25, 0.3) is 0 Å². The predicted molar refractivity (Wildman–Crippen MR) is 50.4 cm³/mol. The molecule has 0 aromatic heterocycles. The van der Waals surface area contributed by atoms with E-state index in [-0.39, 0.29) is 5.97 Å². The van der Waals surface area contributed by atoms with Crippen LogP contribution in [-0.2, 0) is 14.3 Å². The highest BCUT2D eigenvalue weighted by Gasteiger charge is 2.01. The predicted octanol–water partition coefficient (Wildman–Crippen LogP) is 0.695. The van der Waals surface area contributed by atoms with Crippen molar-refractivity contribution in [1.29, 1.82) is 0 Å². The molecule has 4 heteroatoms. The fourth-order valence-electron chi connectivity index (χ4n) is 0.901. The molecule has 0 aliphatic heterocycles. The molecule has 0 amide bonds. The fourth-order valence-corrected chi connectivity index (χ4v) is 0.901. The zero-order chi connectivity index (χ0) is 9.94. The van der Waals surface area contributed by atoms with E-state index in [9.17, 15) is 4.79 Å². The first-order valence-electron chi connectivity index (χ1n) is 4.66. The van der Waals surface area contributed by atoms with Crippen LogP contribution in [0.2, 0.25) is 0 Å². The van der Waals surface area contributed by atoms with Gasteiger partial charge < -0.3 is 15.2 Å². The van der Waals surface area contributed by atoms with Crippen molar-refractivity contribution in [2.75, 3.05) is 26.9 Å². The molecular weight excluding hydrogens is 170 g/mol. The summed E-state index contributed by atoms with van der Waals surface area (Å²) in [5, 5.41) is 0. The molecule has 0 fully saturated rings. The summed E-state index contributed by atoms with van der Waals surface area (Å²) in [5.74, 6) is -0.144. The third-order valence-electron chi connectivity index (χ3n) is 1.64. The van der Waals surface area contributed by atoms with Crippen molar-refractivity contribution >= 4 is 5.97 Å². The van der Waals surface area contributed by atoms with Gasteiger partial charge in [-0.15, -0.1) is 0 Å². The number of methoxy groups -OCH3 is 1. The summed E-state index contributed by atoms with van der Waals surface area (Å²) in [6.07, 6.45) is 3.33. The van der Waals surface area contributed by atoms with Gasteiger partial charge in [0.15, 0.2) is 0 Å². The minimum atomic E-state index is -0.144. The summed E-state index contributed by atoms with van der Waals surface area (Å²) in [6, 6.07) is 0. The lowest BCUT2D eigenvalue weighted by atomic mass is 10.2.